The van der Waals surface area contributed by atoms with Crippen LogP contribution in [0.25, 0.3) is 0 Å². The molecule has 0 aliphatic rings. The normalized spacial score (nSPS) is 10.3. The number of phenolic OH excluding ortho intramolecular Hbond substituents is 4. The summed E-state index contributed by atoms with van der Waals surface area (Å²) in [6, 6.07) is 29.9. The predicted octanol–water partition coefficient (Wildman–Crippen LogP) is 6.16. The van der Waals surface area contributed by atoms with Gasteiger partial charge in [0.1, 0.15) is 23.0 Å². The van der Waals surface area contributed by atoms with E-state index in [-0.39, 0.29) is 23.0 Å². The standard InChI is InChI=1S/C15H16O2.C14H14O2/c16-14-10-5-11-15(17)13(14)9-4-8-12-6-2-1-3-7-12;15-13-7-4-8-14(16)12(13)10-9-11-5-2-1-3-6-11/h1-3,5-7,10-11,16-17H,4,8-9H2;1-8,15-16H,9-10H2. The summed E-state index contributed by atoms with van der Waals surface area (Å²) in [6.07, 6.45) is 4.01. The molecule has 0 atom stereocenters. The van der Waals surface area contributed by atoms with Gasteiger partial charge in [-0.15, -0.1) is 0 Å². The van der Waals surface area contributed by atoms with Crippen LogP contribution < -0.4 is 0 Å². The van der Waals surface area contributed by atoms with Gasteiger partial charge in [-0.25, -0.2) is 0 Å². The lowest BCUT2D eigenvalue weighted by molar-refractivity contribution is 0.436. The van der Waals surface area contributed by atoms with Crippen LogP contribution in [-0.4, -0.2) is 20.4 Å². The highest BCUT2D eigenvalue weighted by molar-refractivity contribution is 5.44. The maximum absolute atomic E-state index is 9.63. The number of rotatable bonds is 7. The molecule has 4 aromatic rings. The second-order valence-corrected chi connectivity index (χ2v) is 7.87. The van der Waals surface area contributed by atoms with Gasteiger partial charge >= 0.3 is 0 Å². The lowest BCUT2D eigenvalue weighted by Crippen LogP contribution is -1.92. The van der Waals surface area contributed by atoms with E-state index in [4.69, 9.17) is 0 Å². The third-order valence-electron chi connectivity index (χ3n) is 5.49. The summed E-state index contributed by atoms with van der Waals surface area (Å²) in [5.41, 5.74) is 3.74. The van der Waals surface area contributed by atoms with E-state index in [9.17, 15) is 20.4 Å². The first-order chi connectivity index (χ1) is 16.0. The van der Waals surface area contributed by atoms with Crippen LogP contribution in [0, 0.1) is 0 Å². The molecule has 4 heteroatoms. The van der Waals surface area contributed by atoms with E-state index < -0.39 is 0 Å². The lowest BCUT2D eigenvalue weighted by atomic mass is 10.0. The predicted molar refractivity (Wildman–Crippen MR) is 132 cm³/mol. The summed E-state index contributed by atoms with van der Waals surface area (Å²) >= 11 is 0. The minimum atomic E-state index is 0.163. The highest BCUT2D eigenvalue weighted by Crippen LogP contribution is 2.28. The molecular formula is C29H30O4. The molecule has 0 aliphatic heterocycles. The number of aryl methyl sites for hydroxylation is 2. The van der Waals surface area contributed by atoms with Crippen LogP contribution >= 0.6 is 0 Å². The summed E-state index contributed by atoms with van der Waals surface area (Å²) in [4.78, 5) is 0. The monoisotopic (exact) mass is 442 g/mol. The molecular weight excluding hydrogens is 412 g/mol. The summed E-state index contributed by atoms with van der Waals surface area (Å²) in [7, 11) is 0. The number of benzene rings is 4. The molecule has 4 aromatic carbocycles. The summed E-state index contributed by atoms with van der Waals surface area (Å²) in [5, 5.41) is 38.5. The van der Waals surface area contributed by atoms with Crippen molar-refractivity contribution in [2.24, 2.45) is 0 Å². The molecule has 170 valence electrons. The molecule has 4 N–H and O–H groups in total. The van der Waals surface area contributed by atoms with Gasteiger partial charge < -0.3 is 20.4 Å². The maximum atomic E-state index is 9.63. The van der Waals surface area contributed by atoms with Crippen LogP contribution in [0.1, 0.15) is 28.7 Å². The molecule has 4 rings (SSSR count). The SMILES string of the molecule is Oc1cccc(O)c1CCCc1ccccc1.Oc1cccc(O)c1CCc1ccccc1. The molecule has 0 aromatic heterocycles. The zero-order valence-corrected chi connectivity index (χ0v) is 18.6. The van der Waals surface area contributed by atoms with Crippen LogP contribution in [0.2, 0.25) is 0 Å². The Bertz CT molecular complexity index is 1080. The number of hydrogen-bond donors (Lipinski definition) is 4. The van der Waals surface area contributed by atoms with Gasteiger partial charge in [-0.3, -0.25) is 0 Å². The van der Waals surface area contributed by atoms with Crippen LogP contribution in [0.5, 0.6) is 23.0 Å². The molecule has 0 amide bonds. The Kier molecular flexibility index (Phi) is 8.78. The molecule has 0 bridgehead atoms. The average molecular weight is 443 g/mol. The van der Waals surface area contributed by atoms with Gasteiger partial charge in [-0.2, -0.15) is 0 Å². The molecule has 0 spiro atoms. The van der Waals surface area contributed by atoms with Gasteiger partial charge in [0.15, 0.2) is 0 Å². The van der Waals surface area contributed by atoms with E-state index in [1.54, 1.807) is 36.4 Å². The largest absolute Gasteiger partial charge is 0.508 e. The first-order valence-electron chi connectivity index (χ1n) is 11.1. The van der Waals surface area contributed by atoms with Crippen LogP contribution in [0.15, 0.2) is 97.1 Å². The fourth-order valence-corrected chi connectivity index (χ4v) is 3.67. The quantitative estimate of drug-likeness (QED) is 0.276. The van der Waals surface area contributed by atoms with Gasteiger partial charge in [0.2, 0.25) is 0 Å². The van der Waals surface area contributed by atoms with Crippen molar-refractivity contribution in [3.63, 3.8) is 0 Å². The van der Waals surface area contributed by atoms with Gasteiger partial charge in [0.25, 0.3) is 0 Å². The average Bonchev–Trinajstić information content (AvgIpc) is 2.82. The first-order valence-corrected chi connectivity index (χ1v) is 11.1. The van der Waals surface area contributed by atoms with Gasteiger partial charge in [0.05, 0.1) is 0 Å². The Hall–Kier alpha value is -3.92. The molecule has 0 fully saturated rings. The van der Waals surface area contributed by atoms with E-state index in [1.165, 1.54) is 11.1 Å². The molecule has 33 heavy (non-hydrogen) atoms. The van der Waals surface area contributed by atoms with E-state index in [2.05, 4.69) is 12.1 Å². The Morgan fingerprint density at radius 2 is 0.758 bits per heavy atom. The molecule has 0 radical (unpaired) electrons. The molecule has 0 saturated carbocycles. The minimum Gasteiger partial charge on any atom is -0.508 e. The molecule has 0 heterocycles. The van der Waals surface area contributed by atoms with Crippen molar-refractivity contribution in [2.45, 2.75) is 32.1 Å². The zero-order valence-electron chi connectivity index (χ0n) is 18.6. The van der Waals surface area contributed by atoms with Crippen molar-refractivity contribution in [2.75, 3.05) is 0 Å². The van der Waals surface area contributed by atoms with Crippen molar-refractivity contribution in [1.29, 1.82) is 0 Å². The highest BCUT2D eigenvalue weighted by atomic mass is 16.3. The van der Waals surface area contributed by atoms with Gasteiger partial charge in [-0.1, -0.05) is 72.8 Å². The van der Waals surface area contributed by atoms with Gasteiger partial charge in [-0.05, 0) is 67.5 Å². The summed E-state index contributed by atoms with van der Waals surface area (Å²) in [6.45, 7) is 0. The Morgan fingerprint density at radius 3 is 1.21 bits per heavy atom. The number of aromatic hydroxyl groups is 4. The van der Waals surface area contributed by atoms with Crippen molar-refractivity contribution in [3.8, 4) is 23.0 Å². The van der Waals surface area contributed by atoms with Crippen LogP contribution in [0.4, 0.5) is 0 Å². The van der Waals surface area contributed by atoms with Crippen LogP contribution in [0.3, 0.4) is 0 Å². The second kappa shape index (κ2) is 12.2. The third-order valence-corrected chi connectivity index (χ3v) is 5.49. The molecule has 0 unspecified atom stereocenters. The van der Waals surface area contributed by atoms with Crippen molar-refractivity contribution >= 4 is 0 Å². The summed E-state index contributed by atoms with van der Waals surface area (Å²) < 4.78 is 0. The van der Waals surface area contributed by atoms with Gasteiger partial charge in [0, 0.05) is 11.1 Å². The molecule has 0 saturated heterocycles. The Balaban J connectivity index is 0.000000186. The summed E-state index contributed by atoms with van der Waals surface area (Å²) in [5.74, 6) is 0.683. The minimum absolute atomic E-state index is 0.163. The lowest BCUT2D eigenvalue weighted by Gasteiger charge is -2.06. The maximum Gasteiger partial charge on any atom is 0.122 e. The second-order valence-electron chi connectivity index (χ2n) is 7.87. The Morgan fingerprint density at radius 1 is 0.364 bits per heavy atom. The van der Waals surface area contributed by atoms with Crippen LogP contribution in [-0.2, 0) is 25.7 Å². The fraction of sp³-hybridized carbons (Fsp3) is 0.172. The van der Waals surface area contributed by atoms with Crippen molar-refractivity contribution in [3.05, 3.63) is 119 Å². The van der Waals surface area contributed by atoms with Crippen molar-refractivity contribution in [1.82, 2.24) is 0 Å². The Labute approximate surface area is 195 Å². The topological polar surface area (TPSA) is 80.9 Å². The molecule has 0 aliphatic carbocycles. The van der Waals surface area contributed by atoms with E-state index in [0.717, 1.165) is 19.3 Å². The zero-order chi connectivity index (χ0) is 23.5. The first kappa shape index (κ1) is 23.7. The third kappa shape index (κ3) is 7.32. The van der Waals surface area contributed by atoms with E-state index >= 15 is 0 Å². The fourth-order valence-electron chi connectivity index (χ4n) is 3.67. The highest BCUT2D eigenvalue weighted by Gasteiger charge is 2.07. The van der Waals surface area contributed by atoms with E-state index in [1.807, 2.05) is 48.5 Å². The number of hydrogen-bond acceptors (Lipinski definition) is 4. The van der Waals surface area contributed by atoms with Crippen molar-refractivity contribution < 1.29 is 20.4 Å². The number of phenols is 4. The van der Waals surface area contributed by atoms with E-state index in [0.29, 0.717) is 24.0 Å². The smallest absolute Gasteiger partial charge is 0.122 e. The molecule has 4 nitrogen and oxygen atoms in total.